The molecule has 1 aliphatic rings. The highest BCUT2D eigenvalue weighted by atomic mass is 19.1. The van der Waals surface area contributed by atoms with E-state index in [0.29, 0.717) is 12.5 Å². The first-order chi connectivity index (χ1) is 7.31. The Balaban J connectivity index is 2.33. The van der Waals surface area contributed by atoms with Crippen molar-refractivity contribution in [2.24, 2.45) is 5.73 Å². The topological polar surface area (TPSA) is 38.0 Å². The molecule has 0 radical (unpaired) electrons. The van der Waals surface area contributed by atoms with Crippen LogP contribution in [0.2, 0.25) is 0 Å². The average molecular weight is 208 g/mol. The molecule has 1 aromatic carbocycles. The monoisotopic (exact) mass is 208 g/mol. The van der Waals surface area contributed by atoms with Crippen LogP contribution in [0.15, 0.2) is 18.2 Å². The van der Waals surface area contributed by atoms with E-state index in [0.717, 1.165) is 37.1 Å². The van der Waals surface area contributed by atoms with Crippen LogP contribution in [-0.2, 0) is 0 Å². The van der Waals surface area contributed by atoms with Crippen LogP contribution < -0.4 is 11.1 Å². The lowest BCUT2D eigenvalue weighted by Gasteiger charge is -2.16. The molecular formula is C12H17FN2. The minimum Gasteiger partial charge on any atom is -0.385 e. The molecule has 0 spiro atoms. The van der Waals surface area contributed by atoms with Crippen molar-refractivity contribution < 1.29 is 4.39 Å². The molecule has 0 fully saturated rings. The van der Waals surface area contributed by atoms with E-state index in [1.807, 2.05) is 6.07 Å². The number of halogens is 1. The Morgan fingerprint density at radius 2 is 2.33 bits per heavy atom. The molecule has 0 amide bonds. The quantitative estimate of drug-likeness (QED) is 0.783. The highest BCUT2D eigenvalue weighted by molar-refractivity contribution is 5.53. The summed E-state index contributed by atoms with van der Waals surface area (Å²) in [6.07, 6.45) is 3.17. The minimum absolute atomic E-state index is 0.153. The van der Waals surface area contributed by atoms with Gasteiger partial charge in [0.05, 0.1) is 0 Å². The average Bonchev–Trinajstić information content (AvgIpc) is 2.42. The standard InChI is InChI=1S/C12H17FN2/c13-10-3-4-12-11(8-10)9(5-6-14)2-1-7-15-12/h3-4,8-9,15H,1-2,5-7,14H2. The van der Waals surface area contributed by atoms with Gasteiger partial charge < -0.3 is 11.1 Å². The fourth-order valence-electron chi connectivity index (χ4n) is 2.26. The second-order valence-corrected chi connectivity index (χ2v) is 4.07. The number of fused-ring (bicyclic) bond motifs is 1. The van der Waals surface area contributed by atoms with Gasteiger partial charge in [0.15, 0.2) is 0 Å². The van der Waals surface area contributed by atoms with Crippen molar-refractivity contribution in [3.63, 3.8) is 0 Å². The SMILES string of the molecule is NCCC1CCCNc2ccc(F)cc21. The predicted octanol–water partition coefficient (Wildman–Crippen LogP) is 2.46. The maximum Gasteiger partial charge on any atom is 0.123 e. The molecule has 3 heteroatoms. The first kappa shape index (κ1) is 10.4. The van der Waals surface area contributed by atoms with Gasteiger partial charge in [0.1, 0.15) is 5.82 Å². The Morgan fingerprint density at radius 3 is 3.13 bits per heavy atom. The van der Waals surface area contributed by atoms with Gasteiger partial charge in [-0.05, 0) is 55.5 Å². The summed E-state index contributed by atoms with van der Waals surface area (Å²) < 4.78 is 13.2. The molecule has 82 valence electrons. The van der Waals surface area contributed by atoms with Gasteiger partial charge >= 0.3 is 0 Å². The number of benzene rings is 1. The van der Waals surface area contributed by atoms with Crippen molar-refractivity contribution >= 4 is 5.69 Å². The van der Waals surface area contributed by atoms with Crippen LogP contribution in [0, 0.1) is 5.82 Å². The van der Waals surface area contributed by atoms with E-state index in [4.69, 9.17) is 5.73 Å². The fourth-order valence-corrected chi connectivity index (χ4v) is 2.26. The van der Waals surface area contributed by atoms with Gasteiger partial charge in [-0.1, -0.05) is 0 Å². The maximum atomic E-state index is 13.2. The van der Waals surface area contributed by atoms with Crippen LogP contribution in [0.5, 0.6) is 0 Å². The molecule has 0 bridgehead atoms. The molecule has 2 nitrogen and oxygen atoms in total. The van der Waals surface area contributed by atoms with Gasteiger partial charge in [-0.2, -0.15) is 0 Å². The molecule has 1 heterocycles. The van der Waals surface area contributed by atoms with E-state index in [2.05, 4.69) is 5.32 Å². The minimum atomic E-state index is -0.153. The van der Waals surface area contributed by atoms with Crippen LogP contribution >= 0.6 is 0 Å². The third-order valence-electron chi connectivity index (χ3n) is 3.01. The normalized spacial score (nSPS) is 20.3. The van der Waals surface area contributed by atoms with Crippen molar-refractivity contribution in [1.82, 2.24) is 0 Å². The van der Waals surface area contributed by atoms with Crippen molar-refractivity contribution in [1.29, 1.82) is 0 Å². The first-order valence-electron chi connectivity index (χ1n) is 5.54. The number of nitrogens with two attached hydrogens (primary N) is 1. The summed E-state index contributed by atoms with van der Waals surface area (Å²) in [5.74, 6) is 0.259. The molecule has 0 saturated heterocycles. The Morgan fingerprint density at radius 1 is 1.47 bits per heavy atom. The predicted molar refractivity (Wildman–Crippen MR) is 60.5 cm³/mol. The summed E-state index contributed by atoms with van der Waals surface area (Å²) in [5.41, 5.74) is 7.76. The lowest BCUT2D eigenvalue weighted by Crippen LogP contribution is -2.07. The molecule has 0 aromatic heterocycles. The fraction of sp³-hybridized carbons (Fsp3) is 0.500. The van der Waals surface area contributed by atoms with Crippen LogP contribution in [0.3, 0.4) is 0 Å². The van der Waals surface area contributed by atoms with Gasteiger partial charge in [-0.25, -0.2) is 4.39 Å². The largest absolute Gasteiger partial charge is 0.385 e. The summed E-state index contributed by atoms with van der Waals surface area (Å²) in [5, 5.41) is 3.33. The molecular weight excluding hydrogens is 191 g/mol. The van der Waals surface area contributed by atoms with Gasteiger partial charge in [0.2, 0.25) is 0 Å². The zero-order chi connectivity index (χ0) is 10.7. The molecule has 3 N–H and O–H groups in total. The molecule has 1 aliphatic heterocycles. The van der Waals surface area contributed by atoms with E-state index < -0.39 is 0 Å². The maximum absolute atomic E-state index is 13.2. The zero-order valence-electron chi connectivity index (χ0n) is 8.80. The van der Waals surface area contributed by atoms with E-state index in [9.17, 15) is 4.39 Å². The molecule has 1 aromatic rings. The summed E-state index contributed by atoms with van der Waals surface area (Å²) >= 11 is 0. The molecule has 0 saturated carbocycles. The lowest BCUT2D eigenvalue weighted by atomic mass is 9.91. The molecule has 1 unspecified atom stereocenters. The van der Waals surface area contributed by atoms with Crippen LogP contribution in [0.25, 0.3) is 0 Å². The lowest BCUT2D eigenvalue weighted by molar-refractivity contribution is 0.571. The van der Waals surface area contributed by atoms with E-state index in [-0.39, 0.29) is 5.82 Å². The third kappa shape index (κ3) is 2.29. The number of nitrogens with one attached hydrogen (secondary N) is 1. The smallest absolute Gasteiger partial charge is 0.123 e. The molecule has 0 aliphatic carbocycles. The van der Waals surface area contributed by atoms with Gasteiger partial charge in [-0.3, -0.25) is 0 Å². The second kappa shape index (κ2) is 4.62. The first-order valence-corrected chi connectivity index (χ1v) is 5.54. The van der Waals surface area contributed by atoms with Gasteiger partial charge in [0.25, 0.3) is 0 Å². The van der Waals surface area contributed by atoms with E-state index in [1.54, 1.807) is 6.07 Å². The third-order valence-corrected chi connectivity index (χ3v) is 3.01. The summed E-state index contributed by atoms with van der Waals surface area (Å²) in [4.78, 5) is 0. The van der Waals surface area contributed by atoms with Crippen LogP contribution in [0.1, 0.15) is 30.7 Å². The van der Waals surface area contributed by atoms with Crippen LogP contribution in [0.4, 0.5) is 10.1 Å². The summed E-state index contributed by atoms with van der Waals surface area (Å²) in [7, 11) is 0. The zero-order valence-corrected chi connectivity index (χ0v) is 8.80. The van der Waals surface area contributed by atoms with Crippen molar-refractivity contribution in [3.8, 4) is 0 Å². The van der Waals surface area contributed by atoms with Crippen LogP contribution in [-0.4, -0.2) is 13.1 Å². The number of rotatable bonds is 2. The Labute approximate surface area is 89.7 Å². The highest BCUT2D eigenvalue weighted by Gasteiger charge is 2.18. The molecule has 1 atom stereocenters. The Kier molecular flexibility index (Phi) is 3.21. The van der Waals surface area contributed by atoms with Crippen molar-refractivity contribution in [3.05, 3.63) is 29.6 Å². The van der Waals surface area contributed by atoms with Gasteiger partial charge in [0, 0.05) is 12.2 Å². The highest BCUT2D eigenvalue weighted by Crippen LogP contribution is 2.33. The van der Waals surface area contributed by atoms with Gasteiger partial charge in [-0.15, -0.1) is 0 Å². The number of hydrogen-bond acceptors (Lipinski definition) is 2. The number of hydrogen-bond donors (Lipinski definition) is 2. The number of anilines is 1. The second-order valence-electron chi connectivity index (χ2n) is 4.07. The molecule has 15 heavy (non-hydrogen) atoms. The Hall–Kier alpha value is -1.09. The molecule has 2 rings (SSSR count). The van der Waals surface area contributed by atoms with Crippen molar-refractivity contribution in [2.75, 3.05) is 18.4 Å². The summed E-state index contributed by atoms with van der Waals surface area (Å²) in [6, 6.07) is 4.99. The van der Waals surface area contributed by atoms with E-state index >= 15 is 0 Å². The van der Waals surface area contributed by atoms with Crippen molar-refractivity contribution in [2.45, 2.75) is 25.2 Å². The van der Waals surface area contributed by atoms with E-state index in [1.165, 1.54) is 6.07 Å². The summed E-state index contributed by atoms with van der Waals surface area (Å²) in [6.45, 7) is 1.64. The Bertz CT molecular complexity index is 338.